The molecule has 0 aromatic carbocycles. The van der Waals surface area contributed by atoms with Gasteiger partial charge in [-0.2, -0.15) is 0 Å². The second-order valence-corrected chi connectivity index (χ2v) is 2.10. The fourth-order valence-electron chi connectivity index (χ4n) is 0.446. The zero-order chi connectivity index (χ0) is 9.56. The summed E-state index contributed by atoms with van der Waals surface area (Å²) in [5, 5.41) is 10.5. The van der Waals surface area contributed by atoms with Crippen LogP contribution in [0.25, 0.3) is 0 Å². The van der Waals surface area contributed by atoms with Crippen LogP contribution in [-0.4, -0.2) is 24.2 Å². The third-order valence-electron chi connectivity index (χ3n) is 0.900. The molecule has 0 unspecified atom stereocenters. The van der Waals surface area contributed by atoms with E-state index in [2.05, 4.69) is 4.74 Å². The largest absolute Gasteiger partial charge is 1.00 e. The minimum Gasteiger partial charge on any atom is -0.875 e. The van der Waals surface area contributed by atoms with Gasteiger partial charge in [-0.25, -0.2) is 4.79 Å². The molecule has 0 aliphatic carbocycles. The molecule has 0 aromatic heterocycles. The van der Waals surface area contributed by atoms with E-state index in [4.69, 9.17) is 11.6 Å². The molecule has 0 radical (unpaired) electrons. The standard InChI is InChI=1S/C7H9ClO4.Na/c1-2-12-7(11)6(10)3-5(9)4-8;/h3,9H,2,4H2,1H3;/q;+1/p-1/b5-3-;. The van der Waals surface area contributed by atoms with Crippen LogP contribution in [0, 0.1) is 0 Å². The number of rotatable bonds is 4. The molecule has 6 heteroatoms. The quantitative estimate of drug-likeness (QED) is 0.122. The number of ether oxygens (including phenoxy) is 1. The normalized spacial score (nSPS) is 10.2. The smallest absolute Gasteiger partial charge is 0.875 e. The Hall–Kier alpha value is -0.0300. The molecule has 0 atom stereocenters. The molecule has 0 spiro atoms. The predicted octanol–water partition coefficient (Wildman–Crippen LogP) is -3.39. The summed E-state index contributed by atoms with van der Waals surface area (Å²) in [6, 6.07) is 0. The monoisotopic (exact) mass is 214 g/mol. The second-order valence-electron chi connectivity index (χ2n) is 1.83. The minimum atomic E-state index is -1.03. The Morgan fingerprint density at radius 1 is 1.54 bits per heavy atom. The summed E-state index contributed by atoms with van der Waals surface area (Å²) in [5.41, 5.74) is 0. The van der Waals surface area contributed by atoms with Gasteiger partial charge in [-0.3, -0.25) is 4.79 Å². The van der Waals surface area contributed by atoms with Crippen molar-refractivity contribution in [2.24, 2.45) is 0 Å². The number of ketones is 1. The van der Waals surface area contributed by atoms with Crippen molar-refractivity contribution in [3.05, 3.63) is 11.8 Å². The van der Waals surface area contributed by atoms with Crippen molar-refractivity contribution in [1.29, 1.82) is 0 Å². The van der Waals surface area contributed by atoms with E-state index in [1.165, 1.54) is 0 Å². The number of alkyl halides is 1. The van der Waals surface area contributed by atoms with Crippen molar-refractivity contribution in [2.45, 2.75) is 6.92 Å². The Morgan fingerprint density at radius 2 is 2.08 bits per heavy atom. The van der Waals surface area contributed by atoms with Crippen LogP contribution in [0.3, 0.4) is 0 Å². The average Bonchev–Trinajstić information content (AvgIpc) is 2.04. The predicted molar refractivity (Wildman–Crippen MR) is 40.4 cm³/mol. The number of carbonyl (C=O) groups is 2. The van der Waals surface area contributed by atoms with Crippen molar-refractivity contribution in [1.82, 2.24) is 0 Å². The van der Waals surface area contributed by atoms with Crippen LogP contribution in [0.1, 0.15) is 6.92 Å². The van der Waals surface area contributed by atoms with Gasteiger partial charge in [0.1, 0.15) is 0 Å². The Morgan fingerprint density at radius 3 is 2.46 bits per heavy atom. The van der Waals surface area contributed by atoms with Crippen molar-refractivity contribution < 1.29 is 49.0 Å². The average molecular weight is 215 g/mol. The molecule has 0 saturated carbocycles. The van der Waals surface area contributed by atoms with Crippen molar-refractivity contribution in [3.8, 4) is 0 Å². The minimum absolute atomic E-state index is 0. The third kappa shape index (κ3) is 7.07. The number of allylic oxidation sites excluding steroid dienone is 1. The zero-order valence-corrected chi connectivity index (χ0v) is 10.3. The topological polar surface area (TPSA) is 66.4 Å². The molecular formula is C7H8ClNaO4. The van der Waals surface area contributed by atoms with E-state index >= 15 is 0 Å². The van der Waals surface area contributed by atoms with E-state index in [0.717, 1.165) is 0 Å². The number of carbonyl (C=O) groups excluding carboxylic acids is 2. The number of hydrogen-bond acceptors (Lipinski definition) is 4. The van der Waals surface area contributed by atoms with E-state index in [-0.39, 0.29) is 42.0 Å². The first-order chi connectivity index (χ1) is 5.61. The Labute approximate surface area is 103 Å². The van der Waals surface area contributed by atoms with Crippen molar-refractivity contribution >= 4 is 23.4 Å². The van der Waals surface area contributed by atoms with Gasteiger partial charge in [0.15, 0.2) is 0 Å². The van der Waals surface area contributed by atoms with E-state index in [9.17, 15) is 14.7 Å². The molecule has 13 heavy (non-hydrogen) atoms. The summed E-state index contributed by atoms with van der Waals surface area (Å²) in [6.07, 6.45) is 0.630. The zero-order valence-electron chi connectivity index (χ0n) is 7.50. The third-order valence-corrected chi connectivity index (χ3v) is 1.16. The molecule has 0 saturated heterocycles. The Balaban J connectivity index is 0. The molecule has 4 nitrogen and oxygen atoms in total. The Kier molecular flexibility index (Phi) is 10.2. The van der Waals surface area contributed by atoms with Gasteiger partial charge in [0.05, 0.1) is 6.61 Å². The van der Waals surface area contributed by atoms with Gasteiger partial charge < -0.3 is 9.84 Å². The molecule has 0 aliphatic heterocycles. The molecule has 68 valence electrons. The number of hydrogen-bond donors (Lipinski definition) is 0. The maximum Gasteiger partial charge on any atom is 1.00 e. The van der Waals surface area contributed by atoms with Gasteiger partial charge >= 0.3 is 35.5 Å². The van der Waals surface area contributed by atoms with E-state index in [1.807, 2.05) is 0 Å². The van der Waals surface area contributed by atoms with Crippen LogP contribution in [0.15, 0.2) is 11.8 Å². The fourth-order valence-corrected chi connectivity index (χ4v) is 0.523. The summed E-state index contributed by atoms with van der Waals surface area (Å²) in [6.45, 7) is 1.67. The molecule has 0 aromatic rings. The molecule has 0 N–H and O–H groups in total. The summed E-state index contributed by atoms with van der Waals surface area (Å²) in [5.74, 6) is -2.92. The van der Waals surface area contributed by atoms with Gasteiger partial charge in [0.2, 0.25) is 0 Å². The maximum atomic E-state index is 10.7. The Bertz CT molecular complexity index is 215. The van der Waals surface area contributed by atoms with Crippen LogP contribution in [0.4, 0.5) is 0 Å². The summed E-state index contributed by atoms with van der Waals surface area (Å²) >= 11 is 5.09. The van der Waals surface area contributed by atoms with Crippen LogP contribution in [0.2, 0.25) is 0 Å². The molecule has 0 bridgehead atoms. The summed E-state index contributed by atoms with van der Waals surface area (Å²) in [4.78, 5) is 21.3. The van der Waals surface area contributed by atoms with Gasteiger partial charge in [0, 0.05) is 5.88 Å². The first-order valence-corrected chi connectivity index (χ1v) is 3.79. The van der Waals surface area contributed by atoms with Crippen LogP contribution in [0.5, 0.6) is 0 Å². The molecule has 0 amide bonds. The molecule has 0 heterocycles. The molecular weight excluding hydrogens is 207 g/mol. The first kappa shape index (κ1) is 15.4. The van der Waals surface area contributed by atoms with Crippen LogP contribution in [-0.2, 0) is 14.3 Å². The summed E-state index contributed by atoms with van der Waals surface area (Å²) < 4.78 is 4.33. The molecule has 0 aliphatic rings. The molecule has 0 rings (SSSR count). The van der Waals surface area contributed by atoms with Crippen LogP contribution >= 0.6 is 11.6 Å². The second kappa shape index (κ2) is 8.56. The first-order valence-electron chi connectivity index (χ1n) is 3.26. The van der Waals surface area contributed by atoms with Gasteiger partial charge in [-0.1, -0.05) is 0 Å². The number of esters is 1. The van der Waals surface area contributed by atoms with Crippen molar-refractivity contribution in [3.63, 3.8) is 0 Å². The van der Waals surface area contributed by atoms with E-state index in [0.29, 0.717) is 6.08 Å². The van der Waals surface area contributed by atoms with E-state index in [1.54, 1.807) is 6.92 Å². The number of halogens is 1. The van der Waals surface area contributed by atoms with Crippen molar-refractivity contribution in [2.75, 3.05) is 12.5 Å². The van der Waals surface area contributed by atoms with Crippen LogP contribution < -0.4 is 34.7 Å². The van der Waals surface area contributed by atoms with E-state index < -0.39 is 17.5 Å². The van der Waals surface area contributed by atoms with Gasteiger partial charge in [-0.05, 0) is 13.0 Å². The van der Waals surface area contributed by atoms with Gasteiger partial charge in [0.25, 0.3) is 5.78 Å². The maximum absolute atomic E-state index is 10.7. The summed E-state index contributed by atoms with van der Waals surface area (Å²) in [7, 11) is 0. The molecule has 0 fully saturated rings. The van der Waals surface area contributed by atoms with Gasteiger partial charge in [-0.15, -0.1) is 17.4 Å². The SMILES string of the molecule is CCOC(=O)C(=O)/C=C(\[O-])CCl.[Na+]. The fraction of sp³-hybridized carbons (Fsp3) is 0.429.